The van der Waals surface area contributed by atoms with Crippen LogP contribution < -0.4 is 0 Å². The number of nitrogens with zero attached hydrogens (tertiary/aromatic N) is 2. The van der Waals surface area contributed by atoms with Crippen LogP contribution in [0.5, 0.6) is 0 Å². The molecule has 0 aliphatic heterocycles. The monoisotopic (exact) mass is 462 g/mol. The zero-order valence-corrected chi connectivity index (χ0v) is 19.7. The molecule has 1 aliphatic rings. The lowest BCUT2D eigenvalue weighted by molar-refractivity contribution is 0.0583. The number of benzene rings is 3. The summed E-state index contributed by atoms with van der Waals surface area (Å²) in [6.07, 6.45) is 6.61. The molecule has 4 heteroatoms. The summed E-state index contributed by atoms with van der Waals surface area (Å²) in [7, 11) is 0. The summed E-state index contributed by atoms with van der Waals surface area (Å²) < 4.78 is 2.18. The molecule has 3 nitrogen and oxygen atoms in total. The largest absolute Gasteiger partial charge is 0.379 e. The second-order valence-electron chi connectivity index (χ2n) is 8.95. The first-order valence-corrected chi connectivity index (χ1v) is 12.6. The van der Waals surface area contributed by atoms with Gasteiger partial charge in [-0.2, -0.15) is 0 Å². The van der Waals surface area contributed by atoms with Crippen molar-refractivity contribution >= 4 is 11.3 Å². The molecule has 0 radical (unpaired) electrons. The number of aliphatic hydroxyl groups is 1. The predicted octanol–water partition coefficient (Wildman–Crippen LogP) is 6.36. The van der Waals surface area contributed by atoms with Gasteiger partial charge < -0.3 is 9.67 Å². The SMILES string of the molecule is O[C@@]1(c2cn(C(c3ccccc3)(c3ccccc3)c3ccccc3)cn2)CCCc2sccc21. The van der Waals surface area contributed by atoms with E-state index >= 15 is 0 Å². The molecule has 1 atom stereocenters. The first-order chi connectivity index (χ1) is 16.7. The molecule has 0 spiro atoms. The van der Waals surface area contributed by atoms with E-state index < -0.39 is 11.1 Å². The van der Waals surface area contributed by atoms with Crippen LogP contribution in [0.3, 0.4) is 0 Å². The van der Waals surface area contributed by atoms with Gasteiger partial charge in [0.2, 0.25) is 0 Å². The van der Waals surface area contributed by atoms with E-state index in [1.54, 1.807) is 11.3 Å². The summed E-state index contributed by atoms with van der Waals surface area (Å²) in [4.78, 5) is 6.12. The average Bonchev–Trinajstić information content (AvgIpc) is 3.59. The molecular formula is C30H26N2OS. The molecule has 0 saturated heterocycles. The van der Waals surface area contributed by atoms with E-state index in [9.17, 15) is 5.11 Å². The number of rotatable bonds is 5. The lowest BCUT2D eigenvalue weighted by Gasteiger charge is -2.37. The maximum Gasteiger partial charge on any atom is 0.134 e. The second-order valence-corrected chi connectivity index (χ2v) is 9.95. The van der Waals surface area contributed by atoms with Gasteiger partial charge in [0.1, 0.15) is 11.1 Å². The van der Waals surface area contributed by atoms with Gasteiger partial charge in [-0.25, -0.2) is 4.98 Å². The third-order valence-corrected chi connectivity index (χ3v) is 8.08. The Bertz CT molecular complexity index is 1290. The molecule has 0 unspecified atom stereocenters. The molecule has 0 amide bonds. The topological polar surface area (TPSA) is 38.0 Å². The van der Waals surface area contributed by atoms with Crippen molar-refractivity contribution in [2.24, 2.45) is 0 Å². The molecule has 0 fully saturated rings. The third-order valence-electron chi connectivity index (χ3n) is 7.10. The molecule has 6 rings (SSSR count). The van der Waals surface area contributed by atoms with E-state index in [1.807, 2.05) is 24.5 Å². The first-order valence-electron chi connectivity index (χ1n) is 11.7. The van der Waals surface area contributed by atoms with Crippen molar-refractivity contribution in [2.45, 2.75) is 30.4 Å². The molecule has 0 saturated carbocycles. The van der Waals surface area contributed by atoms with Crippen LogP contribution in [-0.2, 0) is 17.6 Å². The fraction of sp³-hybridized carbons (Fsp3) is 0.167. The summed E-state index contributed by atoms with van der Waals surface area (Å²) >= 11 is 1.73. The highest BCUT2D eigenvalue weighted by molar-refractivity contribution is 7.10. The Morgan fingerprint density at radius 2 is 1.35 bits per heavy atom. The lowest BCUT2D eigenvalue weighted by atomic mass is 9.76. The van der Waals surface area contributed by atoms with Crippen molar-refractivity contribution in [1.82, 2.24) is 9.55 Å². The number of hydrogen-bond acceptors (Lipinski definition) is 3. The number of imidazole rings is 1. The zero-order valence-electron chi connectivity index (χ0n) is 18.8. The Morgan fingerprint density at radius 1 is 0.794 bits per heavy atom. The van der Waals surface area contributed by atoms with Crippen molar-refractivity contribution in [3.05, 3.63) is 148 Å². The maximum atomic E-state index is 11.9. The Hall–Kier alpha value is -3.47. The number of aromatic nitrogens is 2. The number of thiophene rings is 1. The third kappa shape index (κ3) is 3.17. The summed E-state index contributed by atoms with van der Waals surface area (Å²) in [5.74, 6) is 0. The molecule has 1 aliphatic carbocycles. The number of fused-ring (bicyclic) bond motifs is 1. The van der Waals surface area contributed by atoms with Crippen LogP contribution >= 0.6 is 11.3 Å². The number of aryl methyl sites for hydroxylation is 1. The van der Waals surface area contributed by atoms with Crippen molar-refractivity contribution < 1.29 is 5.11 Å². The summed E-state index contributed by atoms with van der Waals surface area (Å²) in [5, 5.41) is 14.0. The Balaban J connectivity index is 1.62. The fourth-order valence-corrected chi connectivity index (χ4v) is 6.51. The smallest absolute Gasteiger partial charge is 0.134 e. The van der Waals surface area contributed by atoms with Crippen molar-refractivity contribution in [2.75, 3.05) is 0 Å². The second kappa shape index (κ2) is 8.39. The van der Waals surface area contributed by atoms with Crippen molar-refractivity contribution in [3.8, 4) is 0 Å². The first kappa shape index (κ1) is 21.1. The minimum Gasteiger partial charge on any atom is -0.379 e. The number of hydrogen-bond donors (Lipinski definition) is 1. The lowest BCUT2D eigenvalue weighted by Crippen LogP contribution is -2.37. The molecule has 5 aromatic rings. The van der Waals surface area contributed by atoms with Gasteiger partial charge >= 0.3 is 0 Å². The van der Waals surface area contributed by atoms with Crippen molar-refractivity contribution in [3.63, 3.8) is 0 Å². The highest BCUT2D eigenvalue weighted by atomic mass is 32.1. The normalized spacial score (nSPS) is 17.9. The standard InChI is InChI=1S/C30H26N2OS/c33-29(19-10-17-27-26(29)18-20-34-27)28-21-32(22-31-28)30(23-11-4-1-5-12-23,24-13-6-2-7-14-24)25-15-8-3-9-16-25/h1-9,11-16,18,20-22,33H,10,17,19H2/t29-/m0/s1. The minimum atomic E-state index is -1.06. The van der Waals surface area contributed by atoms with Crippen LogP contribution in [0.4, 0.5) is 0 Å². The van der Waals surface area contributed by atoms with Crippen LogP contribution in [0.25, 0.3) is 0 Å². The van der Waals surface area contributed by atoms with Crippen molar-refractivity contribution in [1.29, 1.82) is 0 Å². The van der Waals surface area contributed by atoms with Gasteiger partial charge in [-0.1, -0.05) is 91.0 Å². The predicted molar refractivity (Wildman–Crippen MR) is 137 cm³/mol. The summed E-state index contributed by atoms with van der Waals surface area (Å²) in [5.41, 5.74) is 3.46. The van der Waals surface area contributed by atoms with E-state index in [4.69, 9.17) is 4.98 Å². The van der Waals surface area contributed by atoms with E-state index in [0.717, 1.165) is 35.1 Å². The molecule has 3 aromatic carbocycles. The van der Waals surface area contributed by atoms with Crippen LogP contribution in [0.15, 0.2) is 115 Å². The van der Waals surface area contributed by atoms with Crippen LogP contribution in [0, 0.1) is 0 Å². The molecule has 0 bridgehead atoms. The van der Waals surface area contributed by atoms with Gasteiger partial charge in [0, 0.05) is 16.6 Å². The van der Waals surface area contributed by atoms with Gasteiger partial charge in [0.15, 0.2) is 0 Å². The quantitative estimate of drug-likeness (QED) is 0.309. The molecule has 2 aromatic heterocycles. The summed E-state index contributed by atoms with van der Waals surface area (Å²) in [6, 6.07) is 33.7. The summed E-state index contributed by atoms with van der Waals surface area (Å²) in [6.45, 7) is 0. The van der Waals surface area contributed by atoms with Gasteiger partial charge in [-0.15, -0.1) is 11.3 Å². The van der Waals surface area contributed by atoms with Gasteiger partial charge in [0.25, 0.3) is 0 Å². The maximum absolute atomic E-state index is 11.9. The van der Waals surface area contributed by atoms with Crippen LogP contribution in [-0.4, -0.2) is 14.7 Å². The minimum absolute atomic E-state index is 0.627. The highest BCUT2D eigenvalue weighted by Gasteiger charge is 2.42. The molecular weight excluding hydrogens is 436 g/mol. The van der Waals surface area contributed by atoms with Gasteiger partial charge in [-0.3, -0.25) is 0 Å². The van der Waals surface area contributed by atoms with Gasteiger partial charge in [0.05, 0.1) is 12.0 Å². The fourth-order valence-electron chi connectivity index (χ4n) is 5.51. The Labute approximate surface area is 204 Å². The van der Waals surface area contributed by atoms with Gasteiger partial charge in [-0.05, 0) is 47.4 Å². The molecule has 168 valence electrons. The molecule has 34 heavy (non-hydrogen) atoms. The van der Waals surface area contributed by atoms with E-state index in [-0.39, 0.29) is 0 Å². The average molecular weight is 463 g/mol. The molecule has 1 N–H and O–H groups in total. The Kier molecular flexibility index (Phi) is 5.20. The van der Waals surface area contributed by atoms with E-state index in [0.29, 0.717) is 12.1 Å². The van der Waals surface area contributed by atoms with Crippen LogP contribution in [0.1, 0.15) is 45.7 Å². The van der Waals surface area contributed by atoms with E-state index in [2.05, 4.69) is 95.0 Å². The van der Waals surface area contributed by atoms with Crippen LogP contribution in [0.2, 0.25) is 0 Å². The van der Waals surface area contributed by atoms with E-state index in [1.165, 1.54) is 4.88 Å². The zero-order chi connectivity index (χ0) is 23.0. The molecule has 2 heterocycles. The Morgan fingerprint density at radius 3 is 1.91 bits per heavy atom. The highest BCUT2D eigenvalue weighted by Crippen LogP contribution is 2.45.